The molecule has 1 atom stereocenters. The zero-order chi connectivity index (χ0) is 14.0. The Hall–Kier alpha value is -1.95. The zero-order valence-electron chi connectivity index (χ0n) is 10.1. The van der Waals surface area contributed by atoms with E-state index in [2.05, 4.69) is 5.32 Å². The fourth-order valence-electron chi connectivity index (χ4n) is 1.58. The Morgan fingerprint density at radius 1 is 1.37 bits per heavy atom. The van der Waals surface area contributed by atoms with Crippen molar-refractivity contribution in [3.63, 3.8) is 0 Å². The molecule has 1 aromatic rings. The van der Waals surface area contributed by atoms with Crippen LogP contribution in [0.4, 0.5) is 0 Å². The second kappa shape index (κ2) is 5.36. The monoisotopic (exact) mass is 285 g/mol. The minimum atomic E-state index is -1.11. The van der Waals surface area contributed by atoms with Gasteiger partial charge in [-0.25, -0.2) is 0 Å². The first-order valence-corrected chi connectivity index (χ1v) is 5.99. The van der Waals surface area contributed by atoms with Crippen molar-refractivity contribution in [2.24, 2.45) is 0 Å². The van der Waals surface area contributed by atoms with Crippen LogP contribution in [0.25, 0.3) is 0 Å². The summed E-state index contributed by atoms with van der Waals surface area (Å²) in [5.41, 5.74) is 0.224. The van der Waals surface area contributed by atoms with E-state index in [4.69, 9.17) is 26.2 Å². The Labute approximate surface area is 114 Å². The molecule has 0 radical (unpaired) electrons. The number of carbonyl (C=O) groups is 2. The maximum absolute atomic E-state index is 11.9. The number of fused-ring (bicyclic) bond motifs is 1. The molecule has 1 aromatic carbocycles. The van der Waals surface area contributed by atoms with Gasteiger partial charge in [-0.3, -0.25) is 9.59 Å². The number of nitrogens with one attached hydrogen (secondary N) is 1. The van der Waals surface area contributed by atoms with Gasteiger partial charge in [0, 0.05) is 5.56 Å². The molecular formula is C12H12ClNO5. The molecule has 0 aromatic heterocycles. The topological polar surface area (TPSA) is 84.9 Å². The number of halogens is 1. The van der Waals surface area contributed by atoms with Gasteiger partial charge in [0.1, 0.15) is 19.3 Å². The molecule has 0 unspecified atom stereocenters. The number of carboxylic acids is 1. The molecule has 1 amide bonds. The first-order valence-electron chi connectivity index (χ1n) is 5.62. The lowest BCUT2D eigenvalue weighted by atomic mass is 10.1. The number of carbonyl (C=O) groups excluding carboxylic acids is 1. The van der Waals surface area contributed by atoms with Crippen LogP contribution in [0.1, 0.15) is 17.3 Å². The Balaban J connectivity index is 2.23. The molecule has 19 heavy (non-hydrogen) atoms. The summed E-state index contributed by atoms with van der Waals surface area (Å²) in [7, 11) is 0. The van der Waals surface area contributed by atoms with Crippen LogP contribution in [0.5, 0.6) is 11.5 Å². The van der Waals surface area contributed by atoms with Gasteiger partial charge in [0.05, 0.1) is 5.02 Å². The van der Waals surface area contributed by atoms with Crippen LogP contribution in [-0.4, -0.2) is 36.2 Å². The van der Waals surface area contributed by atoms with Gasteiger partial charge < -0.3 is 19.9 Å². The smallest absolute Gasteiger partial charge is 0.325 e. The number of carboxylic acid groups (broad SMARTS) is 1. The highest BCUT2D eigenvalue weighted by atomic mass is 35.5. The van der Waals surface area contributed by atoms with E-state index in [-0.39, 0.29) is 10.6 Å². The minimum absolute atomic E-state index is 0.224. The van der Waals surface area contributed by atoms with E-state index in [1.54, 1.807) is 0 Å². The number of aliphatic carboxylic acids is 1. The summed E-state index contributed by atoms with van der Waals surface area (Å²) >= 11 is 5.99. The average Bonchev–Trinajstić information content (AvgIpc) is 2.38. The number of amides is 1. The summed E-state index contributed by atoms with van der Waals surface area (Å²) in [6.07, 6.45) is 0. The molecular weight excluding hydrogens is 274 g/mol. The lowest BCUT2D eigenvalue weighted by molar-refractivity contribution is -0.138. The molecule has 1 aliphatic heterocycles. The van der Waals surface area contributed by atoms with Crippen molar-refractivity contribution >= 4 is 23.5 Å². The molecule has 0 saturated heterocycles. The third kappa shape index (κ3) is 2.90. The first-order chi connectivity index (χ1) is 8.99. The zero-order valence-corrected chi connectivity index (χ0v) is 10.9. The van der Waals surface area contributed by atoms with E-state index in [0.29, 0.717) is 24.7 Å². The van der Waals surface area contributed by atoms with E-state index in [1.807, 2.05) is 0 Å². The maximum Gasteiger partial charge on any atom is 0.325 e. The molecule has 7 heteroatoms. The summed E-state index contributed by atoms with van der Waals surface area (Å²) in [6.45, 7) is 2.15. The van der Waals surface area contributed by atoms with Crippen molar-refractivity contribution in [3.05, 3.63) is 22.7 Å². The molecule has 2 N–H and O–H groups in total. The predicted octanol–water partition coefficient (Wildman–Crippen LogP) is 1.31. The standard InChI is InChI=1S/C12H12ClNO5/c1-6(12(16)17)14-11(15)7-4-8(13)10-9(5-7)18-2-3-19-10/h4-6H,2-3H2,1H3,(H,14,15)(H,16,17)/t6-/m0/s1. The van der Waals surface area contributed by atoms with E-state index in [1.165, 1.54) is 19.1 Å². The molecule has 0 spiro atoms. The highest BCUT2D eigenvalue weighted by molar-refractivity contribution is 6.32. The molecule has 2 rings (SSSR count). The van der Waals surface area contributed by atoms with Gasteiger partial charge in [0.15, 0.2) is 11.5 Å². The van der Waals surface area contributed by atoms with Crippen molar-refractivity contribution in [2.45, 2.75) is 13.0 Å². The Bertz CT molecular complexity index is 531. The van der Waals surface area contributed by atoms with Crippen LogP contribution in [-0.2, 0) is 4.79 Å². The number of hydrogen-bond acceptors (Lipinski definition) is 4. The van der Waals surface area contributed by atoms with E-state index < -0.39 is 17.9 Å². The molecule has 0 bridgehead atoms. The van der Waals surface area contributed by atoms with Crippen molar-refractivity contribution < 1.29 is 24.2 Å². The minimum Gasteiger partial charge on any atom is -0.486 e. The van der Waals surface area contributed by atoms with E-state index in [0.717, 1.165) is 0 Å². The van der Waals surface area contributed by atoms with Gasteiger partial charge in [-0.15, -0.1) is 0 Å². The van der Waals surface area contributed by atoms with Crippen LogP contribution < -0.4 is 14.8 Å². The predicted molar refractivity (Wildman–Crippen MR) is 67.0 cm³/mol. The summed E-state index contributed by atoms with van der Waals surface area (Å²) in [6, 6.07) is 1.91. The fourth-order valence-corrected chi connectivity index (χ4v) is 1.85. The highest BCUT2D eigenvalue weighted by Gasteiger charge is 2.21. The maximum atomic E-state index is 11.9. The van der Waals surface area contributed by atoms with Crippen LogP contribution in [0.3, 0.4) is 0 Å². The molecule has 0 fully saturated rings. The van der Waals surface area contributed by atoms with Gasteiger partial charge in [-0.05, 0) is 19.1 Å². The number of hydrogen-bond donors (Lipinski definition) is 2. The summed E-state index contributed by atoms with van der Waals surface area (Å²) in [5.74, 6) is -0.867. The van der Waals surface area contributed by atoms with Gasteiger partial charge in [-0.1, -0.05) is 11.6 Å². The van der Waals surface area contributed by atoms with Gasteiger partial charge >= 0.3 is 5.97 Å². The number of benzene rings is 1. The Morgan fingerprint density at radius 2 is 2.05 bits per heavy atom. The van der Waals surface area contributed by atoms with Gasteiger partial charge in [0.2, 0.25) is 0 Å². The number of ether oxygens (including phenoxy) is 2. The SMILES string of the molecule is C[C@H](NC(=O)c1cc(Cl)c2c(c1)OCCO2)C(=O)O. The van der Waals surface area contributed by atoms with Crippen molar-refractivity contribution in [2.75, 3.05) is 13.2 Å². The number of rotatable bonds is 3. The van der Waals surface area contributed by atoms with Crippen LogP contribution in [0.15, 0.2) is 12.1 Å². The molecule has 0 saturated carbocycles. The summed E-state index contributed by atoms with van der Waals surface area (Å²) < 4.78 is 10.7. The largest absolute Gasteiger partial charge is 0.486 e. The van der Waals surface area contributed by atoms with E-state index >= 15 is 0 Å². The normalized spacial score (nSPS) is 14.6. The molecule has 1 aliphatic rings. The summed E-state index contributed by atoms with van der Waals surface area (Å²) in [5, 5.41) is 11.3. The highest BCUT2D eigenvalue weighted by Crippen LogP contribution is 2.38. The van der Waals surface area contributed by atoms with Crippen LogP contribution >= 0.6 is 11.6 Å². The van der Waals surface area contributed by atoms with Crippen LogP contribution in [0.2, 0.25) is 5.02 Å². The van der Waals surface area contributed by atoms with Crippen molar-refractivity contribution in [3.8, 4) is 11.5 Å². The van der Waals surface area contributed by atoms with Gasteiger partial charge in [-0.2, -0.15) is 0 Å². The Kier molecular flexibility index (Phi) is 3.80. The lowest BCUT2D eigenvalue weighted by Crippen LogP contribution is -2.38. The third-order valence-electron chi connectivity index (χ3n) is 2.58. The van der Waals surface area contributed by atoms with E-state index in [9.17, 15) is 9.59 Å². The molecule has 1 heterocycles. The third-order valence-corrected chi connectivity index (χ3v) is 2.86. The quantitative estimate of drug-likeness (QED) is 0.875. The molecule has 6 nitrogen and oxygen atoms in total. The van der Waals surface area contributed by atoms with Crippen molar-refractivity contribution in [1.82, 2.24) is 5.32 Å². The fraction of sp³-hybridized carbons (Fsp3) is 0.333. The van der Waals surface area contributed by atoms with Crippen molar-refractivity contribution in [1.29, 1.82) is 0 Å². The summed E-state index contributed by atoms with van der Waals surface area (Å²) in [4.78, 5) is 22.5. The molecule has 102 valence electrons. The average molecular weight is 286 g/mol. The second-order valence-corrected chi connectivity index (χ2v) is 4.42. The lowest BCUT2D eigenvalue weighted by Gasteiger charge is -2.20. The Morgan fingerprint density at radius 3 is 2.74 bits per heavy atom. The second-order valence-electron chi connectivity index (χ2n) is 4.02. The van der Waals surface area contributed by atoms with Crippen LogP contribution in [0, 0.1) is 0 Å². The van der Waals surface area contributed by atoms with Gasteiger partial charge in [0.25, 0.3) is 5.91 Å². The first kappa shape index (κ1) is 13.5. The molecule has 0 aliphatic carbocycles.